The highest BCUT2D eigenvalue weighted by molar-refractivity contribution is 5.79. The first-order valence-corrected chi connectivity index (χ1v) is 8.57. The summed E-state index contributed by atoms with van der Waals surface area (Å²) in [6, 6.07) is 11.9. The van der Waals surface area contributed by atoms with Crippen LogP contribution in [0, 0.1) is 5.82 Å². The van der Waals surface area contributed by atoms with Gasteiger partial charge in [-0.3, -0.25) is 14.6 Å². The molecular formula is C20H19FN4O2. The minimum Gasteiger partial charge on any atom is -0.354 e. The van der Waals surface area contributed by atoms with E-state index in [9.17, 15) is 14.0 Å². The lowest BCUT2D eigenvalue weighted by molar-refractivity contribution is -0.124. The zero-order chi connectivity index (χ0) is 19.2. The van der Waals surface area contributed by atoms with Crippen LogP contribution in [-0.4, -0.2) is 27.2 Å². The third-order valence-electron chi connectivity index (χ3n) is 4.17. The molecule has 0 aliphatic carbocycles. The fraction of sp³-hybridized carbons (Fsp3) is 0.200. The predicted molar refractivity (Wildman–Crippen MR) is 99.6 cm³/mol. The Hall–Kier alpha value is -3.35. The largest absolute Gasteiger partial charge is 0.354 e. The number of nitrogens with zero attached hydrogens (tertiary/aromatic N) is 3. The van der Waals surface area contributed by atoms with Crippen LogP contribution >= 0.6 is 0 Å². The van der Waals surface area contributed by atoms with Crippen LogP contribution in [0.4, 0.5) is 4.39 Å². The van der Waals surface area contributed by atoms with E-state index in [0.29, 0.717) is 18.7 Å². The molecule has 0 spiro atoms. The Bertz CT molecular complexity index is 971. The van der Waals surface area contributed by atoms with Gasteiger partial charge in [0.25, 0.3) is 5.56 Å². The van der Waals surface area contributed by atoms with Crippen molar-refractivity contribution in [2.45, 2.75) is 19.4 Å². The molecule has 3 rings (SSSR count). The van der Waals surface area contributed by atoms with Crippen molar-refractivity contribution >= 4 is 5.91 Å². The molecule has 0 aliphatic rings. The third-order valence-corrected chi connectivity index (χ3v) is 4.17. The van der Waals surface area contributed by atoms with Crippen LogP contribution < -0.4 is 10.9 Å². The molecule has 27 heavy (non-hydrogen) atoms. The Morgan fingerprint density at radius 3 is 2.52 bits per heavy atom. The van der Waals surface area contributed by atoms with Gasteiger partial charge < -0.3 is 5.32 Å². The van der Waals surface area contributed by atoms with Gasteiger partial charge in [0.2, 0.25) is 5.91 Å². The normalized spacial score (nSPS) is 11.8. The van der Waals surface area contributed by atoms with E-state index in [1.807, 2.05) is 0 Å². The predicted octanol–water partition coefficient (Wildman–Crippen LogP) is 2.36. The van der Waals surface area contributed by atoms with E-state index in [1.165, 1.54) is 22.9 Å². The maximum absolute atomic E-state index is 12.9. The molecule has 6 nitrogen and oxygen atoms in total. The standard InChI is InChI=1S/C20H19FN4O2/c1-14(20(27)23-13-8-15-2-4-17(21)5-3-15)25-19(26)7-6-18(24-25)16-9-11-22-12-10-16/h2-7,9-12,14H,8,13H2,1H3,(H,23,27). The molecule has 0 bridgehead atoms. The molecule has 3 aromatic rings. The first-order chi connectivity index (χ1) is 13.0. The fourth-order valence-corrected chi connectivity index (χ4v) is 2.62. The molecular weight excluding hydrogens is 347 g/mol. The molecule has 1 N–H and O–H groups in total. The molecule has 138 valence electrons. The highest BCUT2D eigenvalue weighted by Gasteiger charge is 2.17. The van der Waals surface area contributed by atoms with E-state index >= 15 is 0 Å². The summed E-state index contributed by atoms with van der Waals surface area (Å²) in [6.45, 7) is 2.01. The average Bonchev–Trinajstić information content (AvgIpc) is 2.70. The van der Waals surface area contributed by atoms with Crippen LogP contribution in [0.5, 0.6) is 0 Å². The summed E-state index contributed by atoms with van der Waals surface area (Å²) in [6.07, 6.45) is 3.84. The number of halogens is 1. The number of carbonyl (C=O) groups excluding carboxylic acids is 1. The van der Waals surface area contributed by atoms with Crippen LogP contribution in [0.2, 0.25) is 0 Å². The molecule has 1 atom stereocenters. The first-order valence-electron chi connectivity index (χ1n) is 8.57. The van der Waals surface area contributed by atoms with Crippen molar-refractivity contribution in [2.75, 3.05) is 6.54 Å². The molecule has 2 aromatic heterocycles. The quantitative estimate of drug-likeness (QED) is 0.727. The number of pyridine rings is 1. The van der Waals surface area contributed by atoms with E-state index in [0.717, 1.165) is 11.1 Å². The van der Waals surface area contributed by atoms with Gasteiger partial charge in [-0.2, -0.15) is 5.10 Å². The van der Waals surface area contributed by atoms with Gasteiger partial charge in [0, 0.05) is 30.6 Å². The molecule has 1 unspecified atom stereocenters. The summed E-state index contributed by atoms with van der Waals surface area (Å²) < 4.78 is 14.1. The van der Waals surface area contributed by atoms with Crippen LogP contribution in [0.25, 0.3) is 11.3 Å². The van der Waals surface area contributed by atoms with Crippen molar-refractivity contribution in [3.05, 3.63) is 82.7 Å². The summed E-state index contributed by atoms with van der Waals surface area (Å²) in [5, 5.41) is 7.10. The van der Waals surface area contributed by atoms with E-state index in [4.69, 9.17) is 0 Å². The highest BCUT2D eigenvalue weighted by Crippen LogP contribution is 2.14. The molecule has 1 aromatic carbocycles. The van der Waals surface area contributed by atoms with Gasteiger partial charge in [0.1, 0.15) is 11.9 Å². The SMILES string of the molecule is CC(C(=O)NCCc1ccc(F)cc1)n1nc(-c2ccncc2)ccc1=O. The van der Waals surface area contributed by atoms with Gasteiger partial charge in [-0.15, -0.1) is 0 Å². The monoisotopic (exact) mass is 366 g/mol. The Balaban J connectivity index is 1.67. The second-order valence-corrected chi connectivity index (χ2v) is 6.08. The fourth-order valence-electron chi connectivity index (χ4n) is 2.62. The molecule has 0 saturated carbocycles. The molecule has 0 saturated heterocycles. The summed E-state index contributed by atoms with van der Waals surface area (Å²) in [7, 11) is 0. The summed E-state index contributed by atoms with van der Waals surface area (Å²) in [5.41, 5.74) is 1.96. The van der Waals surface area contributed by atoms with Gasteiger partial charge in [0.15, 0.2) is 0 Å². The van der Waals surface area contributed by atoms with Crippen LogP contribution in [0.3, 0.4) is 0 Å². The van der Waals surface area contributed by atoms with E-state index < -0.39 is 6.04 Å². The number of hydrogen-bond acceptors (Lipinski definition) is 4. The van der Waals surface area contributed by atoms with E-state index in [1.54, 1.807) is 49.6 Å². The average molecular weight is 366 g/mol. The second kappa shape index (κ2) is 8.35. The minimum atomic E-state index is -0.757. The molecule has 0 aliphatic heterocycles. The number of hydrogen-bond donors (Lipinski definition) is 1. The number of benzene rings is 1. The lowest BCUT2D eigenvalue weighted by Gasteiger charge is -2.15. The van der Waals surface area contributed by atoms with Crippen molar-refractivity contribution in [1.82, 2.24) is 20.1 Å². The van der Waals surface area contributed by atoms with Gasteiger partial charge >= 0.3 is 0 Å². The Labute approximate surface area is 155 Å². The van der Waals surface area contributed by atoms with Gasteiger partial charge in [-0.1, -0.05) is 12.1 Å². The van der Waals surface area contributed by atoms with E-state index in [-0.39, 0.29) is 17.3 Å². The summed E-state index contributed by atoms with van der Waals surface area (Å²) >= 11 is 0. The maximum Gasteiger partial charge on any atom is 0.267 e. The minimum absolute atomic E-state index is 0.295. The Kier molecular flexibility index (Phi) is 5.71. The van der Waals surface area contributed by atoms with Crippen LogP contribution in [0.1, 0.15) is 18.5 Å². The second-order valence-electron chi connectivity index (χ2n) is 6.08. The van der Waals surface area contributed by atoms with Crippen molar-refractivity contribution in [2.24, 2.45) is 0 Å². The molecule has 0 fully saturated rings. The highest BCUT2D eigenvalue weighted by atomic mass is 19.1. The Morgan fingerprint density at radius 1 is 1.11 bits per heavy atom. The summed E-state index contributed by atoms with van der Waals surface area (Å²) in [4.78, 5) is 28.5. The van der Waals surface area contributed by atoms with E-state index in [2.05, 4.69) is 15.4 Å². The summed E-state index contributed by atoms with van der Waals surface area (Å²) in [5.74, 6) is -0.602. The third kappa shape index (κ3) is 4.63. The number of nitrogens with one attached hydrogen (secondary N) is 1. The Morgan fingerprint density at radius 2 is 1.81 bits per heavy atom. The number of amides is 1. The van der Waals surface area contributed by atoms with Gasteiger partial charge in [-0.05, 0) is 49.2 Å². The maximum atomic E-state index is 12.9. The van der Waals surface area contributed by atoms with Crippen molar-refractivity contribution in [3.63, 3.8) is 0 Å². The van der Waals surface area contributed by atoms with Crippen molar-refractivity contribution in [1.29, 1.82) is 0 Å². The number of carbonyl (C=O) groups is 1. The zero-order valence-electron chi connectivity index (χ0n) is 14.8. The molecule has 2 heterocycles. The topological polar surface area (TPSA) is 76.9 Å². The van der Waals surface area contributed by atoms with Crippen LogP contribution in [-0.2, 0) is 11.2 Å². The number of rotatable bonds is 6. The molecule has 1 amide bonds. The number of aromatic nitrogens is 3. The smallest absolute Gasteiger partial charge is 0.267 e. The first kappa shape index (κ1) is 18.4. The molecule has 7 heteroatoms. The van der Waals surface area contributed by atoms with Crippen molar-refractivity contribution in [3.8, 4) is 11.3 Å². The van der Waals surface area contributed by atoms with Gasteiger partial charge in [0.05, 0.1) is 5.69 Å². The lowest BCUT2D eigenvalue weighted by atomic mass is 10.1. The zero-order valence-corrected chi connectivity index (χ0v) is 14.8. The molecule has 0 radical (unpaired) electrons. The lowest BCUT2D eigenvalue weighted by Crippen LogP contribution is -2.37. The van der Waals surface area contributed by atoms with Crippen LogP contribution in [0.15, 0.2) is 65.7 Å². The van der Waals surface area contributed by atoms with Gasteiger partial charge in [-0.25, -0.2) is 9.07 Å². The van der Waals surface area contributed by atoms with Crippen molar-refractivity contribution < 1.29 is 9.18 Å².